The first-order valence-corrected chi connectivity index (χ1v) is 10.5. The Hall–Kier alpha value is -2.02. The molecule has 3 heterocycles. The van der Waals surface area contributed by atoms with Crippen molar-refractivity contribution < 1.29 is 9.53 Å². The molecule has 1 aliphatic rings. The number of nitrogens with zero attached hydrogens (tertiary/aromatic N) is 5. The molecule has 1 amide bonds. The summed E-state index contributed by atoms with van der Waals surface area (Å²) < 4.78 is 8.00. The third kappa shape index (κ3) is 4.51. The average molecular weight is 388 g/mol. The lowest BCUT2D eigenvalue weighted by atomic mass is 10.0. The molecule has 2 aromatic rings. The Kier molecular flexibility index (Phi) is 6.65. The summed E-state index contributed by atoms with van der Waals surface area (Å²) in [6.45, 7) is 11.9. The van der Waals surface area contributed by atoms with Crippen molar-refractivity contribution in [3.05, 3.63) is 23.3 Å². The third-order valence-corrected chi connectivity index (χ3v) is 5.75. The molecule has 3 rings (SSSR count). The molecular formula is C21H33N5O2. The Morgan fingerprint density at radius 1 is 1.32 bits per heavy atom. The summed E-state index contributed by atoms with van der Waals surface area (Å²) in [6.07, 6.45) is 6.25. The molecule has 0 N–H and O–H groups in total. The fraction of sp³-hybridized carbons (Fsp3) is 0.714. The maximum atomic E-state index is 13.0. The lowest BCUT2D eigenvalue weighted by molar-refractivity contribution is -0.150. The van der Waals surface area contributed by atoms with Gasteiger partial charge in [0.2, 0.25) is 5.91 Å². The molecule has 7 nitrogen and oxygen atoms in total. The molecule has 0 aliphatic carbocycles. The Morgan fingerprint density at radius 3 is 2.82 bits per heavy atom. The van der Waals surface area contributed by atoms with E-state index in [0.29, 0.717) is 37.6 Å². The topological polar surface area (TPSA) is 72.6 Å². The van der Waals surface area contributed by atoms with Crippen LogP contribution >= 0.6 is 0 Å². The van der Waals surface area contributed by atoms with Gasteiger partial charge in [0.25, 0.3) is 5.78 Å². The normalized spacial score (nSPS) is 20.3. The smallest absolute Gasteiger partial charge is 0.252 e. The fourth-order valence-electron chi connectivity index (χ4n) is 3.94. The molecule has 1 fully saturated rings. The van der Waals surface area contributed by atoms with Crippen LogP contribution in [0, 0.1) is 19.8 Å². The van der Waals surface area contributed by atoms with E-state index in [1.807, 2.05) is 18.7 Å². The first kappa shape index (κ1) is 20.7. The molecule has 0 unspecified atom stereocenters. The van der Waals surface area contributed by atoms with Gasteiger partial charge in [0, 0.05) is 30.9 Å². The van der Waals surface area contributed by atoms with Gasteiger partial charge >= 0.3 is 0 Å². The number of hydrogen-bond donors (Lipinski definition) is 0. The highest BCUT2D eigenvalue weighted by Gasteiger charge is 2.31. The van der Waals surface area contributed by atoms with Crippen molar-refractivity contribution in [2.75, 3.05) is 13.1 Å². The van der Waals surface area contributed by atoms with Crippen molar-refractivity contribution in [3.8, 4) is 0 Å². The molecule has 1 saturated heterocycles. The van der Waals surface area contributed by atoms with Crippen LogP contribution in [0.15, 0.2) is 6.33 Å². The largest absolute Gasteiger partial charge is 0.371 e. The summed E-state index contributed by atoms with van der Waals surface area (Å²) in [5, 5.41) is 4.24. The van der Waals surface area contributed by atoms with Crippen LogP contribution in [-0.4, -0.2) is 55.7 Å². The van der Waals surface area contributed by atoms with Gasteiger partial charge in [0.1, 0.15) is 6.33 Å². The highest BCUT2D eigenvalue weighted by molar-refractivity contribution is 5.76. The van der Waals surface area contributed by atoms with Crippen molar-refractivity contribution in [2.24, 2.45) is 5.92 Å². The Bertz CT molecular complexity index is 816. The highest BCUT2D eigenvalue weighted by Crippen LogP contribution is 2.22. The molecule has 2 aromatic heterocycles. The van der Waals surface area contributed by atoms with E-state index in [1.165, 1.54) is 6.33 Å². The van der Waals surface area contributed by atoms with E-state index in [-0.39, 0.29) is 18.1 Å². The number of morpholine rings is 1. The molecule has 0 saturated carbocycles. The second kappa shape index (κ2) is 8.99. The number of hydrogen-bond acceptors (Lipinski definition) is 5. The standard InChI is InChI=1S/C21H33N5O2/c1-6-7-8-17-11-25(12-19(28-17)14(2)3)20(27)10-9-18-15(4)24-21-22-13-23-26(21)16(18)5/h13-14,17,19H,6-12H2,1-5H3/t17-,19-/m1/s1. The van der Waals surface area contributed by atoms with E-state index in [2.05, 4.69) is 35.8 Å². The predicted molar refractivity (Wildman–Crippen MR) is 108 cm³/mol. The number of unbranched alkanes of at least 4 members (excludes halogenated alkanes) is 1. The Balaban J connectivity index is 1.68. The number of carbonyl (C=O) groups is 1. The van der Waals surface area contributed by atoms with Crippen LogP contribution in [0.2, 0.25) is 0 Å². The number of aromatic nitrogens is 4. The van der Waals surface area contributed by atoms with Crippen LogP contribution in [0.1, 0.15) is 63.4 Å². The lowest BCUT2D eigenvalue weighted by Gasteiger charge is -2.40. The second-order valence-electron chi connectivity index (χ2n) is 8.21. The summed E-state index contributed by atoms with van der Waals surface area (Å²) in [4.78, 5) is 23.7. The molecule has 0 spiro atoms. The van der Waals surface area contributed by atoms with Gasteiger partial charge in [-0.2, -0.15) is 10.1 Å². The number of carbonyl (C=O) groups excluding carboxylic acids is 1. The summed E-state index contributed by atoms with van der Waals surface area (Å²) in [5.74, 6) is 1.22. The van der Waals surface area contributed by atoms with Gasteiger partial charge in [-0.1, -0.05) is 33.6 Å². The average Bonchev–Trinajstić information content (AvgIpc) is 3.14. The number of amides is 1. The second-order valence-corrected chi connectivity index (χ2v) is 8.21. The maximum Gasteiger partial charge on any atom is 0.252 e. The lowest BCUT2D eigenvalue weighted by Crippen LogP contribution is -2.51. The van der Waals surface area contributed by atoms with E-state index >= 15 is 0 Å². The minimum atomic E-state index is 0.121. The van der Waals surface area contributed by atoms with E-state index < -0.39 is 0 Å². The number of fused-ring (bicyclic) bond motifs is 1. The molecule has 0 radical (unpaired) electrons. The number of aryl methyl sites for hydroxylation is 2. The van der Waals surface area contributed by atoms with Crippen molar-refractivity contribution in [3.63, 3.8) is 0 Å². The van der Waals surface area contributed by atoms with Crippen LogP contribution < -0.4 is 0 Å². The first-order valence-electron chi connectivity index (χ1n) is 10.5. The zero-order valence-corrected chi connectivity index (χ0v) is 17.8. The number of rotatable bonds is 7. The molecule has 28 heavy (non-hydrogen) atoms. The first-order chi connectivity index (χ1) is 13.4. The third-order valence-electron chi connectivity index (χ3n) is 5.75. The van der Waals surface area contributed by atoms with Crippen LogP contribution in [0.3, 0.4) is 0 Å². The molecule has 1 aliphatic heterocycles. The molecule has 2 atom stereocenters. The highest BCUT2D eigenvalue weighted by atomic mass is 16.5. The quantitative estimate of drug-likeness (QED) is 0.730. The van der Waals surface area contributed by atoms with Crippen LogP contribution in [0.4, 0.5) is 0 Å². The molecule has 7 heteroatoms. The minimum absolute atomic E-state index is 0.121. The van der Waals surface area contributed by atoms with Gasteiger partial charge in [-0.05, 0) is 38.2 Å². The van der Waals surface area contributed by atoms with Crippen LogP contribution in [0.5, 0.6) is 0 Å². The SMILES string of the molecule is CCCC[C@@H]1CN(C(=O)CCc2c(C)nc3ncnn3c2C)C[C@H](C(C)C)O1. The zero-order valence-electron chi connectivity index (χ0n) is 17.8. The molecular weight excluding hydrogens is 354 g/mol. The Morgan fingerprint density at radius 2 is 2.11 bits per heavy atom. The monoisotopic (exact) mass is 387 g/mol. The summed E-state index contributed by atoms with van der Waals surface area (Å²) in [5.41, 5.74) is 3.02. The van der Waals surface area contributed by atoms with E-state index in [1.54, 1.807) is 4.52 Å². The van der Waals surface area contributed by atoms with Crippen molar-refractivity contribution in [1.29, 1.82) is 0 Å². The number of ether oxygens (including phenoxy) is 1. The zero-order chi connectivity index (χ0) is 20.3. The van der Waals surface area contributed by atoms with Gasteiger partial charge < -0.3 is 9.64 Å². The molecule has 0 bridgehead atoms. The summed E-state index contributed by atoms with van der Waals surface area (Å²) in [6, 6.07) is 0. The van der Waals surface area contributed by atoms with Gasteiger partial charge in [0.15, 0.2) is 0 Å². The summed E-state index contributed by atoms with van der Waals surface area (Å²) in [7, 11) is 0. The van der Waals surface area contributed by atoms with E-state index in [4.69, 9.17) is 4.74 Å². The minimum Gasteiger partial charge on any atom is -0.371 e. The molecule has 154 valence electrons. The van der Waals surface area contributed by atoms with Crippen molar-refractivity contribution in [1.82, 2.24) is 24.5 Å². The van der Waals surface area contributed by atoms with Crippen LogP contribution in [-0.2, 0) is 16.0 Å². The maximum absolute atomic E-state index is 13.0. The summed E-state index contributed by atoms with van der Waals surface area (Å²) >= 11 is 0. The van der Waals surface area contributed by atoms with Gasteiger partial charge in [-0.3, -0.25) is 4.79 Å². The van der Waals surface area contributed by atoms with Gasteiger partial charge in [-0.15, -0.1) is 0 Å². The molecule has 0 aromatic carbocycles. The van der Waals surface area contributed by atoms with E-state index in [0.717, 1.165) is 36.2 Å². The van der Waals surface area contributed by atoms with Crippen molar-refractivity contribution in [2.45, 2.75) is 78.9 Å². The van der Waals surface area contributed by atoms with Gasteiger partial charge in [0.05, 0.1) is 12.2 Å². The van der Waals surface area contributed by atoms with Gasteiger partial charge in [-0.25, -0.2) is 9.50 Å². The fourth-order valence-corrected chi connectivity index (χ4v) is 3.94. The van der Waals surface area contributed by atoms with Crippen LogP contribution in [0.25, 0.3) is 5.78 Å². The van der Waals surface area contributed by atoms with Crippen molar-refractivity contribution >= 4 is 11.7 Å². The Labute approximate surface area is 167 Å². The van der Waals surface area contributed by atoms with E-state index in [9.17, 15) is 4.79 Å². The predicted octanol–water partition coefficient (Wildman–Crippen LogP) is 3.12.